The first-order valence-electron chi connectivity index (χ1n) is 5.92. The van der Waals surface area contributed by atoms with Gasteiger partial charge in [-0.3, -0.25) is 4.31 Å². The lowest BCUT2D eigenvalue weighted by atomic mass is 10.1. The van der Waals surface area contributed by atoms with E-state index in [1.165, 1.54) is 11.4 Å². The topological polar surface area (TPSA) is 89.2 Å². The standard InChI is InChI=1S/C13H16N4O2S/c1-9-15-8-12(13(14)16-9)10-5-4-6-11(7-10)17(2)20(3,18)19/h4-8H,1-3H3,(H2,14,15,16). The number of rotatable bonds is 3. The summed E-state index contributed by atoms with van der Waals surface area (Å²) in [6.45, 7) is 1.76. The molecule has 1 heterocycles. The van der Waals surface area contributed by atoms with E-state index in [0.717, 1.165) is 11.8 Å². The Hall–Kier alpha value is -2.15. The highest BCUT2D eigenvalue weighted by Gasteiger charge is 2.13. The van der Waals surface area contributed by atoms with Gasteiger partial charge in [0, 0.05) is 18.8 Å². The van der Waals surface area contributed by atoms with Crippen molar-refractivity contribution < 1.29 is 8.42 Å². The third kappa shape index (κ3) is 2.88. The number of nitrogen functional groups attached to an aromatic ring is 1. The molecule has 0 unspecified atom stereocenters. The van der Waals surface area contributed by atoms with E-state index < -0.39 is 10.0 Å². The number of sulfonamides is 1. The molecule has 0 aliphatic carbocycles. The minimum absolute atomic E-state index is 0.372. The Labute approximate surface area is 118 Å². The number of aromatic nitrogens is 2. The molecular formula is C13H16N4O2S. The van der Waals surface area contributed by atoms with Gasteiger partial charge in [-0.1, -0.05) is 12.1 Å². The van der Waals surface area contributed by atoms with Crippen LogP contribution < -0.4 is 10.0 Å². The third-order valence-corrected chi connectivity index (χ3v) is 4.16. The van der Waals surface area contributed by atoms with Gasteiger partial charge in [0.05, 0.1) is 11.9 Å². The Balaban J connectivity index is 2.50. The Morgan fingerprint density at radius 1 is 1.30 bits per heavy atom. The second-order valence-corrected chi connectivity index (χ2v) is 6.51. The van der Waals surface area contributed by atoms with Crippen molar-refractivity contribution in [1.82, 2.24) is 9.97 Å². The van der Waals surface area contributed by atoms with E-state index in [9.17, 15) is 8.42 Å². The first-order chi connectivity index (χ1) is 9.29. The fraction of sp³-hybridized carbons (Fsp3) is 0.231. The minimum atomic E-state index is -3.30. The highest BCUT2D eigenvalue weighted by molar-refractivity contribution is 7.92. The number of anilines is 2. The van der Waals surface area contributed by atoms with Crippen LogP contribution in [0, 0.1) is 6.92 Å². The summed E-state index contributed by atoms with van der Waals surface area (Å²) in [6.07, 6.45) is 2.79. The highest BCUT2D eigenvalue weighted by Crippen LogP contribution is 2.27. The zero-order valence-electron chi connectivity index (χ0n) is 11.5. The van der Waals surface area contributed by atoms with Crippen LogP contribution in [0.15, 0.2) is 30.5 Å². The fourth-order valence-corrected chi connectivity index (χ4v) is 2.27. The van der Waals surface area contributed by atoms with Crippen molar-refractivity contribution in [3.05, 3.63) is 36.3 Å². The van der Waals surface area contributed by atoms with Gasteiger partial charge in [0.15, 0.2) is 0 Å². The van der Waals surface area contributed by atoms with Crippen LogP contribution in [0.2, 0.25) is 0 Å². The van der Waals surface area contributed by atoms with Crippen LogP contribution in [0.5, 0.6) is 0 Å². The first kappa shape index (κ1) is 14.3. The minimum Gasteiger partial charge on any atom is -0.383 e. The van der Waals surface area contributed by atoms with Gasteiger partial charge >= 0.3 is 0 Å². The molecule has 0 radical (unpaired) electrons. The van der Waals surface area contributed by atoms with Gasteiger partial charge in [-0.15, -0.1) is 0 Å². The molecule has 0 bridgehead atoms. The predicted octanol–water partition coefficient (Wildman–Crippen LogP) is 1.43. The van der Waals surface area contributed by atoms with Crippen LogP contribution in [0.25, 0.3) is 11.1 Å². The zero-order chi connectivity index (χ0) is 14.9. The quantitative estimate of drug-likeness (QED) is 0.924. The molecule has 0 aliphatic heterocycles. The van der Waals surface area contributed by atoms with E-state index in [0.29, 0.717) is 22.9 Å². The van der Waals surface area contributed by atoms with Gasteiger partial charge in [-0.25, -0.2) is 18.4 Å². The van der Waals surface area contributed by atoms with E-state index >= 15 is 0 Å². The van der Waals surface area contributed by atoms with Crippen LogP contribution in [0.1, 0.15) is 5.82 Å². The van der Waals surface area contributed by atoms with Gasteiger partial charge in [-0.05, 0) is 24.6 Å². The van der Waals surface area contributed by atoms with Crippen LogP contribution in [0.4, 0.5) is 11.5 Å². The van der Waals surface area contributed by atoms with Crippen molar-refractivity contribution in [2.24, 2.45) is 0 Å². The van der Waals surface area contributed by atoms with Crippen LogP contribution in [-0.2, 0) is 10.0 Å². The van der Waals surface area contributed by atoms with E-state index in [1.807, 2.05) is 6.07 Å². The largest absolute Gasteiger partial charge is 0.383 e. The van der Waals surface area contributed by atoms with Gasteiger partial charge in [0.1, 0.15) is 11.6 Å². The van der Waals surface area contributed by atoms with E-state index in [2.05, 4.69) is 9.97 Å². The van der Waals surface area contributed by atoms with Gasteiger partial charge < -0.3 is 5.73 Å². The summed E-state index contributed by atoms with van der Waals surface area (Å²) in [5.41, 5.74) is 7.90. The van der Waals surface area contributed by atoms with Crippen molar-refractivity contribution in [1.29, 1.82) is 0 Å². The molecule has 0 atom stereocenters. The van der Waals surface area contributed by atoms with Crippen molar-refractivity contribution in [2.45, 2.75) is 6.92 Å². The Bertz CT molecular complexity index is 744. The molecule has 1 aromatic carbocycles. The molecule has 0 saturated heterocycles. The summed E-state index contributed by atoms with van der Waals surface area (Å²) in [7, 11) is -1.80. The maximum atomic E-state index is 11.6. The Kier molecular flexibility index (Phi) is 3.63. The molecule has 2 N–H and O–H groups in total. The van der Waals surface area contributed by atoms with E-state index in [4.69, 9.17) is 5.73 Å². The smallest absolute Gasteiger partial charge is 0.231 e. The first-order valence-corrected chi connectivity index (χ1v) is 7.77. The van der Waals surface area contributed by atoms with Crippen molar-refractivity contribution in [2.75, 3.05) is 23.3 Å². The maximum Gasteiger partial charge on any atom is 0.231 e. The third-order valence-electron chi connectivity index (χ3n) is 2.96. The molecule has 0 saturated carbocycles. The lowest BCUT2D eigenvalue weighted by Crippen LogP contribution is -2.24. The molecule has 2 rings (SSSR count). The molecule has 106 valence electrons. The highest BCUT2D eigenvalue weighted by atomic mass is 32.2. The van der Waals surface area contributed by atoms with Crippen molar-refractivity contribution >= 4 is 21.5 Å². The van der Waals surface area contributed by atoms with Crippen molar-refractivity contribution in [3.8, 4) is 11.1 Å². The molecule has 6 nitrogen and oxygen atoms in total. The summed E-state index contributed by atoms with van der Waals surface area (Å²) in [6, 6.07) is 7.07. The number of benzene rings is 1. The number of nitrogens with zero attached hydrogens (tertiary/aromatic N) is 3. The van der Waals surface area contributed by atoms with Crippen LogP contribution >= 0.6 is 0 Å². The summed E-state index contributed by atoms with van der Waals surface area (Å²) in [5, 5.41) is 0. The Morgan fingerprint density at radius 2 is 2.00 bits per heavy atom. The molecular weight excluding hydrogens is 276 g/mol. The summed E-state index contributed by atoms with van der Waals surface area (Å²) in [4.78, 5) is 8.22. The van der Waals surface area contributed by atoms with Gasteiger partial charge in [0.2, 0.25) is 10.0 Å². The maximum absolute atomic E-state index is 11.6. The molecule has 1 aromatic heterocycles. The lowest BCUT2D eigenvalue weighted by Gasteiger charge is -2.17. The number of hydrogen-bond acceptors (Lipinski definition) is 5. The monoisotopic (exact) mass is 292 g/mol. The normalized spacial score (nSPS) is 11.3. The fourth-order valence-electron chi connectivity index (χ4n) is 1.77. The van der Waals surface area contributed by atoms with Gasteiger partial charge in [-0.2, -0.15) is 0 Å². The van der Waals surface area contributed by atoms with Crippen molar-refractivity contribution in [3.63, 3.8) is 0 Å². The van der Waals surface area contributed by atoms with Gasteiger partial charge in [0.25, 0.3) is 0 Å². The zero-order valence-corrected chi connectivity index (χ0v) is 12.3. The van der Waals surface area contributed by atoms with Crippen LogP contribution in [-0.4, -0.2) is 31.7 Å². The summed E-state index contributed by atoms with van der Waals surface area (Å²) < 4.78 is 24.3. The molecule has 0 spiro atoms. The molecule has 0 fully saturated rings. The second kappa shape index (κ2) is 5.09. The van der Waals surface area contributed by atoms with E-state index in [-0.39, 0.29) is 0 Å². The molecule has 0 aliphatic rings. The number of aryl methyl sites for hydroxylation is 1. The summed E-state index contributed by atoms with van der Waals surface area (Å²) >= 11 is 0. The second-order valence-electron chi connectivity index (χ2n) is 4.50. The average molecular weight is 292 g/mol. The number of nitrogens with two attached hydrogens (primary N) is 1. The summed E-state index contributed by atoms with van der Waals surface area (Å²) in [5.74, 6) is 0.965. The molecule has 0 amide bonds. The molecule has 7 heteroatoms. The Morgan fingerprint density at radius 3 is 2.60 bits per heavy atom. The van der Waals surface area contributed by atoms with E-state index in [1.54, 1.807) is 31.3 Å². The molecule has 20 heavy (non-hydrogen) atoms. The average Bonchev–Trinajstić information content (AvgIpc) is 2.37. The number of hydrogen-bond donors (Lipinski definition) is 1. The molecule has 2 aromatic rings. The van der Waals surface area contributed by atoms with Crippen LogP contribution in [0.3, 0.4) is 0 Å². The SMILES string of the molecule is Cc1ncc(-c2cccc(N(C)S(C)(=O)=O)c2)c(N)n1. The predicted molar refractivity (Wildman–Crippen MR) is 79.9 cm³/mol. The lowest BCUT2D eigenvalue weighted by molar-refractivity contribution is 0.600.